The largest absolute Gasteiger partial charge is 0.491 e. The number of carbonyl (C=O) groups is 1. The lowest BCUT2D eigenvalue weighted by atomic mass is 10.2. The van der Waals surface area contributed by atoms with E-state index in [9.17, 15) is 13.2 Å². The molecule has 2 aromatic carbocycles. The third kappa shape index (κ3) is 6.29. The van der Waals surface area contributed by atoms with Gasteiger partial charge in [-0.25, -0.2) is 8.42 Å². The number of carbonyl (C=O) groups excluding carboxylic acids is 1. The number of amides is 1. The molecule has 146 valence electrons. The van der Waals surface area contributed by atoms with Crippen molar-refractivity contribution in [2.45, 2.75) is 44.6 Å². The summed E-state index contributed by atoms with van der Waals surface area (Å²) in [4.78, 5) is 12.1. The predicted molar refractivity (Wildman–Crippen MR) is 107 cm³/mol. The van der Waals surface area contributed by atoms with Crippen molar-refractivity contribution >= 4 is 21.6 Å². The van der Waals surface area contributed by atoms with Crippen LogP contribution in [0.15, 0.2) is 53.4 Å². The maximum Gasteiger partial charge on any atom is 0.261 e. The quantitative estimate of drug-likeness (QED) is 0.638. The molecule has 0 heterocycles. The maximum atomic E-state index is 12.5. The topological polar surface area (TPSA) is 84.5 Å². The Balaban J connectivity index is 2.04. The Morgan fingerprint density at radius 2 is 1.67 bits per heavy atom. The molecule has 0 fully saturated rings. The van der Waals surface area contributed by atoms with Gasteiger partial charge in [0.15, 0.2) is 0 Å². The summed E-state index contributed by atoms with van der Waals surface area (Å²) in [6.45, 7) is 6.49. The van der Waals surface area contributed by atoms with Gasteiger partial charge in [-0.2, -0.15) is 0 Å². The molecule has 0 spiro atoms. The van der Waals surface area contributed by atoms with Gasteiger partial charge in [0.2, 0.25) is 0 Å². The van der Waals surface area contributed by atoms with Gasteiger partial charge in [-0.15, -0.1) is 0 Å². The van der Waals surface area contributed by atoms with E-state index in [1.165, 1.54) is 24.3 Å². The minimum Gasteiger partial charge on any atom is -0.491 e. The van der Waals surface area contributed by atoms with Crippen LogP contribution in [0, 0.1) is 0 Å². The third-order valence-electron chi connectivity index (χ3n) is 3.72. The molecule has 0 bridgehead atoms. The van der Waals surface area contributed by atoms with E-state index in [1.54, 1.807) is 24.3 Å². The molecule has 27 heavy (non-hydrogen) atoms. The molecule has 0 aliphatic rings. The highest BCUT2D eigenvalue weighted by Gasteiger charge is 2.15. The number of anilines is 1. The van der Waals surface area contributed by atoms with Crippen molar-refractivity contribution in [3.8, 4) is 5.75 Å². The smallest absolute Gasteiger partial charge is 0.261 e. The third-order valence-corrected chi connectivity index (χ3v) is 5.12. The zero-order valence-corrected chi connectivity index (χ0v) is 16.7. The Labute approximate surface area is 161 Å². The van der Waals surface area contributed by atoms with Crippen molar-refractivity contribution in [3.05, 3.63) is 54.1 Å². The van der Waals surface area contributed by atoms with Crippen molar-refractivity contribution in [3.63, 3.8) is 0 Å². The molecule has 0 aromatic heterocycles. The van der Waals surface area contributed by atoms with E-state index in [0.29, 0.717) is 23.5 Å². The number of sulfonamides is 1. The first-order valence-electron chi connectivity index (χ1n) is 8.99. The summed E-state index contributed by atoms with van der Waals surface area (Å²) in [6, 6.07) is 12.6. The average molecular weight is 391 g/mol. The van der Waals surface area contributed by atoms with Crippen molar-refractivity contribution in [2.75, 3.05) is 11.3 Å². The van der Waals surface area contributed by atoms with Gasteiger partial charge in [-0.05, 0) is 68.8 Å². The lowest BCUT2D eigenvalue weighted by molar-refractivity contribution is 0.0953. The number of benzene rings is 2. The molecular weight excluding hydrogens is 364 g/mol. The van der Waals surface area contributed by atoms with E-state index in [0.717, 1.165) is 12.8 Å². The summed E-state index contributed by atoms with van der Waals surface area (Å²) in [5, 5.41) is 2.80. The van der Waals surface area contributed by atoms with E-state index in [2.05, 4.69) is 10.0 Å². The molecule has 0 unspecified atom stereocenters. The summed E-state index contributed by atoms with van der Waals surface area (Å²) < 4.78 is 33.1. The van der Waals surface area contributed by atoms with Gasteiger partial charge >= 0.3 is 0 Å². The van der Waals surface area contributed by atoms with Crippen LogP contribution in [0.5, 0.6) is 5.75 Å². The minimum atomic E-state index is -3.74. The number of nitrogens with one attached hydrogen (secondary N) is 2. The zero-order chi connectivity index (χ0) is 19.9. The van der Waals surface area contributed by atoms with E-state index in [-0.39, 0.29) is 16.9 Å². The molecule has 6 nitrogen and oxygen atoms in total. The Hall–Kier alpha value is -2.54. The first-order valence-corrected chi connectivity index (χ1v) is 10.5. The van der Waals surface area contributed by atoms with Crippen LogP contribution in [-0.2, 0) is 10.0 Å². The molecule has 1 amide bonds. The lowest BCUT2D eigenvalue weighted by Gasteiger charge is -2.12. The number of rotatable bonds is 9. The van der Waals surface area contributed by atoms with Crippen LogP contribution < -0.4 is 14.8 Å². The lowest BCUT2D eigenvalue weighted by Crippen LogP contribution is -2.24. The average Bonchev–Trinajstić information content (AvgIpc) is 2.63. The normalized spacial score (nSPS) is 11.3. The Morgan fingerprint density at radius 1 is 1.04 bits per heavy atom. The van der Waals surface area contributed by atoms with Crippen LogP contribution in [0.2, 0.25) is 0 Å². The molecule has 0 aliphatic carbocycles. The van der Waals surface area contributed by atoms with Crippen LogP contribution in [0.4, 0.5) is 5.69 Å². The fourth-order valence-electron chi connectivity index (χ4n) is 2.35. The number of unbranched alkanes of at least 4 members (excludes halogenated alkanes) is 1. The first kappa shape index (κ1) is 20.8. The fourth-order valence-corrected chi connectivity index (χ4v) is 3.41. The van der Waals surface area contributed by atoms with Crippen molar-refractivity contribution < 1.29 is 17.9 Å². The van der Waals surface area contributed by atoms with Gasteiger partial charge in [0.25, 0.3) is 15.9 Å². The van der Waals surface area contributed by atoms with Crippen LogP contribution >= 0.6 is 0 Å². The van der Waals surface area contributed by atoms with E-state index in [1.807, 2.05) is 20.8 Å². The Morgan fingerprint density at radius 3 is 2.22 bits per heavy atom. The summed E-state index contributed by atoms with van der Waals surface area (Å²) in [5.74, 6) is 0.465. The monoisotopic (exact) mass is 390 g/mol. The predicted octanol–water partition coefficient (Wildman–Crippen LogP) is 3.80. The van der Waals surface area contributed by atoms with Gasteiger partial charge in [0, 0.05) is 17.8 Å². The summed E-state index contributed by atoms with van der Waals surface area (Å²) >= 11 is 0. The van der Waals surface area contributed by atoms with Crippen LogP contribution in [0.1, 0.15) is 44.0 Å². The minimum absolute atomic E-state index is 0.0465. The van der Waals surface area contributed by atoms with Gasteiger partial charge < -0.3 is 10.1 Å². The SMILES string of the molecule is CCCCNC(=O)c1ccc(S(=O)(=O)Nc2ccc(OC(C)C)cc2)cc1. The summed E-state index contributed by atoms with van der Waals surface area (Å²) in [5.41, 5.74) is 0.868. The highest BCUT2D eigenvalue weighted by atomic mass is 32.2. The molecule has 0 aliphatic heterocycles. The fraction of sp³-hybridized carbons (Fsp3) is 0.350. The second-order valence-electron chi connectivity index (χ2n) is 6.43. The van der Waals surface area contributed by atoms with Gasteiger partial charge in [-0.3, -0.25) is 9.52 Å². The molecule has 2 aromatic rings. The van der Waals surface area contributed by atoms with Gasteiger partial charge in [0.1, 0.15) is 5.75 Å². The zero-order valence-electron chi connectivity index (χ0n) is 15.9. The van der Waals surface area contributed by atoms with Gasteiger partial charge in [-0.1, -0.05) is 13.3 Å². The van der Waals surface area contributed by atoms with Crippen molar-refractivity contribution in [1.29, 1.82) is 0 Å². The Bertz CT molecular complexity index is 845. The number of ether oxygens (including phenoxy) is 1. The summed E-state index contributed by atoms with van der Waals surface area (Å²) in [7, 11) is -3.74. The molecule has 0 saturated carbocycles. The second-order valence-corrected chi connectivity index (χ2v) is 8.11. The van der Waals surface area contributed by atoms with E-state index in [4.69, 9.17) is 4.74 Å². The van der Waals surface area contributed by atoms with Crippen LogP contribution in [-0.4, -0.2) is 27.0 Å². The molecular formula is C20H26N2O4S. The van der Waals surface area contributed by atoms with Gasteiger partial charge in [0.05, 0.1) is 11.0 Å². The second kappa shape index (κ2) is 9.41. The molecule has 2 N–H and O–H groups in total. The van der Waals surface area contributed by atoms with E-state index >= 15 is 0 Å². The number of hydrogen-bond acceptors (Lipinski definition) is 4. The molecule has 0 atom stereocenters. The highest BCUT2D eigenvalue weighted by Crippen LogP contribution is 2.20. The molecule has 2 rings (SSSR count). The van der Waals surface area contributed by atoms with E-state index < -0.39 is 10.0 Å². The Kier molecular flexibility index (Phi) is 7.24. The molecule has 0 radical (unpaired) electrons. The molecule has 0 saturated heterocycles. The van der Waals surface area contributed by atoms with Crippen LogP contribution in [0.3, 0.4) is 0 Å². The van der Waals surface area contributed by atoms with Crippen molar-refractivity contribution in [2.24, 2.45) is 0 Å². The summed E-state index contributed by atoms with van der Waals surface area (Å²) in [6.07, 6.45) is 1.95. The first-order chi connectivity index (χ1) is 12.8. The highest BCUT2D eigenvalue weighted by molar-refractivity contribution is 7.92. The number of hydrogen-bond donors (Lipinski definition) is 2. The molecule has 7 heteroatoms. The standard InChI is InChI=1S/C20H26N2O4S/c1-4-5-14-21-20(23)16-6-12-19(13-7-16)27(24,25)22-17-8-10-18(11-9-17)26-15(2)3/h6-13,15,22H,4-5,14H2,1-3H3,(H,21,23). The van der Waals surface area contributed by atoms with Crippen molar-refractivity contribution in [1.82, 2.24) is 5.32 Å². The van der Waals surface area contributed by atoms with Crippen LogP contribution in [0.25, 0.3) is 0 Å². The maximum absolute atomic E-state index is 12.5.